The molecule has 1 aliphatic carbocycles. The molecule has 2 aliphatic rings. The smallest absolute Gasteiger partial charge is 0.273 e. The van der Waals surface area contributed by atoms with Crippen LogP contribution in [0.3, 0.4) is 0 Å². The van der Waals surface area contributed by atoms with Crippen molar-refractivity contribution in [1.82, 2.24) is 35.5 Å². The minimum Gasteiger partial charge on any atom is -0.363 e. The van der Waals surface area contributed by atoms with E-state index in [9.17, 15) is 9.59 Å². The second-order valence-corrected chi connectivity index (χ2v) is 8.12. The van der Waals surface area contributed by atoms with Gasteiger partial charge in [-0.3, -0.25) is 9.59 Å². The summed E-state index contributed by atoms with van der Waals surface area (Å²) < 4.78 is 23.9. The molecule has 4 heterocycles. The Bertz CT molecular complexity index is 1370. The van der Waals surface area contributed by atoms with Crippen molar-refractivity contribution >= 4 is 34.8 Å². The van der Waals surface area contributed by atoms with Gasteiger partial charge in [-0.1, -0.05) is 5.21 Å². The van der Waals surface area contributed by atoms with Crippen molar-refractivity contribution in [2.75, 3.05) is 29.6 Å². The molecular weight excluding hydrogens is 424 g/mol. The Morgan fingerprint density at radius 3 is 2.79 bits per heavy atom. The summed E-state index contributed by atoms with van der Waals surface area (Å²) in [6.45, 7) is -0.715. The second-order valence-electron chi connectivity index (χ2n) is 8.12. The number of amides is 2. The van der Waals surface area contributed by atoms with E-state index in [1.165, 1.54) is 6.07 Å². The van der Waals surface area contributed by atoms with Crippen molar-refractivity contribution in [3.05, 3.63) is 29.7 Å². The van der Waals surface area contributed by atoms with E-state index < -0.39 is 12.9 Å². The largest absolute Gasteiger partial charge is 0.363 e. The molecule has 0 radical (unpaired) electrons. The van der Waals surface area contributed by atoms with E-state index in [0.29, 0.717) is 17.2 Å². The molecule has 0 bridgehead atoms. The van der Waals surface area contributed by atoms with Crippen LogP contribution >= 0.6 is 0 Å². The fourth-order valence-electron chi connectivity index (χ4n) is 3.97. The van der Waals surface area contributed by atoms with Crippen molar-refractivity contribution in [1.29, 1.82) is 0 Å². The lowest BCUT2D eigenvalue weighted by Gasteiger charge is -2.34. The average molecular weight is 452 g/mol. The number of fused-ring (bicyclic) bond motifs is 3. The highest BCUT2D eigenvalue weighted by molar-refractivity contribution is 6.00. The van der Waals surface area contributed by atoms with Gasteiger partial charge < -0.3 is 20.9 Å². The third-order valence-corrected chi connectivity index (χ3v) is 5.95. The lowest BCUT2D eigenvalue weighted by Crippen LogP contribution is -2.29. The summed E-state index contributed by atoms with van der Waals surface area (Å²) in [4.78, 5) is 31.5. The molecule has 0 unspecified atom stereocenters. The van der Waals surface area contributed by atoms with Crippen LogP contribution in [0.4, 0.5) is 23.0 Å². The highest BCUT2D eigenvalue weighted by Crippen LogP contribution is 2.46. The van der Waals surface area contributed by atoms with E-state index >= 15 is 0 Å². The lowest BCUT2D eigenvalue weighted by atomic mass is 9.98. The molecule has 1 saturated carbocycles. The molecule has 3 aromatic heterocycles. The summed E-state index contributed by atoms with van der Waals surface area (Å²) in [5, 5.41) is 24.0. The van der Waals surface area contributed by atoms with E-state index in [2.05, 4.69) is 36.1 Å². The lowest BCUT2D eigenvalue weighted by molar-refractivity contribution is -0.117. The first-order chi connectivity index (χ1) is 17.0. The Balaban J connectivity index is 1.57. The van der Waals surface area contributed by atoms with E-state index in [-0.39, 0.29) is 35.1 Å². The molecular formula is C21H24N10O2. The molecule has 1 atom stereocenters. The number of hydrogen-bond acceptors (Lipinski definition) is 9. The number of nitrogens with zero attached hydrogens (tertiary/aromatic N) is 7. The van der Waals surface area contributed by atoms with Crippen molar-refractivity contribution in [2.45, 2.75) is 25.8 Å². The number of carbonyl (C=O) groups is 2. The van der Waals surface area contributed by atoms with E-state index in [0.717, 1.165) is 24.1 Å². The molecule has 1 fully saturated rings. The van der Waals surface area contributed by atoms with Crippen LogP contribution in [-0.2, 0) is 11.8 Å². The molecule has 0 aromatic carbocycles. The van der Waals surface area contributed by atoms with Gasteiger partial charge in [0.25, 0.3) is 5.91 Å². The van der Waals surface area contributed by atoms with Crippen LogP contribution in [0.5, 0.6) is 0 Å². The number of aryl methyl sites for hydroxylation is 1. The van der Waals surface area contributed by atoms with Gasteiger partial charge in [-0.05, 0) is 25.8 Å². The second kappa shape index (κ2) is 7.80. The number of rotatable bonds is 5. The summed E-state index contributed by atoms with van der Waals surface area (Å²) in [5.41, 5.74) is 3.02. The SMILES string of the molecule is [2H]C([2H])([2H])NC(=O)c1nnc(NC(=O)C2CC2)cc1Nc1nccc2c1N(C)[C@H](C)c1c-2nnn1C. The number of nitrogens with one attached hydrogen (secondary N) is 3. The molecule has 170 valence electrons. The molecule has 0 spiro atoms. The van der Waals surface area contributed by atoms with Gasteiger partial charge in [0.2, 0.25) is 5.91 Å². The first-order valence-electron chi connectivity index (χ1n) is 11.9. The van der Waals surface area contributed by atoms with Gasteiger partial charge in [0.1, 0.15) is 5.69 Å². The summed E-state index contributed by atoms with van der Waals surface area (Å²) in [6.07, 6.45) is 3.20. The van der Waals surface area contributed by atoms with Crippen molar-refractivity contribution in [3.63, 3.8) is 0 Å². The monoisotopic (exact) mass is 451 g/mol. The first kappa shape index (κ1) is 17.5. The standard InChI is InChI=1S/C21H24N10O2/c1-10-17-15(28-29-31(17)4)12-7-8-23-19(18(12)30(10)3)24-13-9-14(25-20(32)11-5-6-11)26-27-16(13)21(33)22-2/h7-11H,5-6H2,1-4H3,(H,22,33)(H2,23,24,25,26,32)/t10-/m1/s1/i2D3. The number of aromatic nitrogens is 6. The average Bonchev–Trinajstić information content (AvgIpc) is 3.58. The van der Waals surface area contributed by atoms with Gasteiger partial charge >= 0.3 is 0 Å². The molecule has 1 aliphatic heterocycles. The van der Waals surface area contributed by atoms with Gasteiger partial charge in [-0.25, -0.2) is 9.67 Å². The highest BCUT2D eigenvalue weighted by Gasteiger charge is 2.33. The number of carbonyl (C=O) groups excluding carboxylic acids is 2. The maximum atomic E-state index is 12.7. The van der Waals surface area contributed by atoms with Crippen molar-refractivity contribution in [3.8, 4) is 11.3 Å². The predicted molar refractivity (Wildman–Crippen MR) is 121 cm³/mol. The zero-order chi connectivity index (χ0) is 25.8. The predicted octanol–water partition coefficient (Wildman–Crippen LogP) is 1.63. The minimum absolute atomic E-state index is 0.0686. The molecule has 12 heteroatoms. The normalized spacial score (nSPS) is 18.3. The molecule has 2 amide bonds. The quantitative estimate of drug-likeness (QED) is 0.527. The molecule has 0 saturated heterocycles. The fraction of sp³-hybridized carbons (Fsp3) is 0.381. The van der Waals surface area contributed by atoms with Crippen LogP contribution in [0.2, 0.25) is 0 Å². The topological polar surface area (TPSA) is 143 Å². The van der Waals surface area contributed by atoms with Crippen LogP contribution in [0, 0.1) is 5.92 Å². The highest BCUT2D eigenvalue weighted by atomic mass is 16.2. The Hall–Kier alpha value is -4.09. The fourth-order valence-corrected chi connectivity index (χ4v) is 3.97. The summed E-state index contributed by atoms with van der Waals surface area (Å²) in [5.74, 6) is -0.696. The molecule has 33 heavy (non-hydrogen) atoms. The summed E-state index contributed by atoms with van der Waals surface area (Å²) in [7, 11) is 3.73. The zero-order valence-electron chi connectivity index (χ0n) is 21.2. The van der Waals surface area contributed by atoms with Crippen LogP contribution in [0.15, 0.2) is 18.3 Å². The van der Waals surface area contributed by atoms with Gasteiger partial charge in [-0.15, -0.1) is 15.3 Å². The maximum absolute atomic E-state index is 12.7. The van der Waals surface area contributed by atoms with Crippen molar-refractivity contribution in [2.24, 2.45) is 13.0 Å². The number of pyridine rings is 1. The van der Waals surface area contributed by atoms with Crippen LogP contribution < -0.4 is 20.9 Å². The molecule has 5 rings (SSSR count). The molecule has 3 aromatic rings. The van der Waals surface area contributed by atoms with Crippen LogP contribution in [0.1, 0.15) is 46.1 Å². The number of anilines is 4. The van der Waals surface area contributed by atoms with Gasteiger partial charge in [0.05, 0.1) is 23.1 Å². The molecule has 3 N–H and O–H groups in total. The Labute approximate surface area is 194 Å². The van der Waals surface area contributed by atoms with Gasteiger partial charge in [-0.2, -0.15) is 0 Å². The van der Waals surface area contributed by atoms with Crippen molar-refractivity contribution < 1.29 is 13.7 Å². The maximum Gasteiger partial charge on any atom is 0.273 e. The summed E-state index contributed by atoms with van der Waals surface area (Å²) >= 11 is 0. The minimum atomic E-state index is -2.73. The third-order valence-electron chi connectivity index (χ3n) is 5.95. The van der Waals surface area contributed by atoms with E-state index in [1.807, 2.05) is 37.3 Å². The summed E-state index contributed by atoms with van der Waals surface area (Å²) in [6, 6.07) is 3.17. The number of hydrogen-bond donors (Lipinski definition) is 3. The van der Waals surface area contributed by atoms with E-state index in [4.69, 9.17) is 4.11 Å². The van der Waals surface area contributed by atoms with Gasteiger partial charge in [0.15, 0.2) is 17.3 Å². The first-order valence-corrected chi connectivity index (χ1v) is 10.4. The molecule has 12 nitrogen and oxygen atoms in total. The third kappa shape index (κ3) is 3.52. The Morgan fingerprint density at radius 2 is 2.03 bits per heavy atom. The Kier molecular flexibility index (Phi) is 4.13. The Morgan fingerprint density at radius 1 is 1.21 bits per heavy atom. The zero-order valence-corrected chi connectivity index (χ0v) is 18.2. The van der Waals surface area contributed by atoms with Gasteiger partial charge in [0, 0.05) is 48.9 Å². The van der Waals surface area contributed by atoms with E-state index in [1.54, 1.807) is 10.9 Å². The van der Waals surface area contributed by atoms with Crippen LogP contribution in [0.25, 0.3) is 11.3 Å². The van der Waals surface area contributed by atoms with Crippen LogP contribution in [-0.4, -0.2) is 56.0 Å².